The van der Waals surface area contributed by atoms with Crippen LogP contribution in [-0.2, 0) is 28.6 Å². The summed E-state index contributed by atoms with van der Waals surface area (Å²) in [5.41, 5.74) is 0. The summed E-state index contributed by atoms with van der Waals surface area (Å²) in [5.74, 6) is -0.931. The third-order valence-corrected chi connectivity index (χ3v) is 13.8. The van der Waals surface area contributed by atoms with Crippen LogP contribution in [0.15, 0.2) is 146 Å². The maximum atomic E-state index is 12.9. The summed E-state index contributed by atoms with van der Waals surface area (Å²) in [6.45, 7) is 6.47. The molecule has 0 aromatic heterocycles. The fraction of sp³-hybridized carbons (Fsp3) is 0.640. The fourth-order valence-electron chi connectivity index (χ4n) is 8.85. The average Bonchev–Trinajstić information content (AvgIpc) is 3.46. The van der Waals surface area contributed by atoms with Gasteiger partial charge in [0.25, 0.3) is 0 Å². The smallest absolute Gasteiger partial charge is 0.306 e. The standard InChI is InChI=1S/C75H122O6/c1-4-7-10-13-16-19-22-25-27-28-29-30-31-32-33-34-35-36-37-38-39-40-41-42-43-44-45-46-48-50-53-56-59-62-65-68-74(77)80-71-72(70-79-73(76)67-64-61-58-55-52-49-24-21-18-15-12-9-6-3)81-75(78)69-66-63-60-57-54-51-47-26-23-20-17-14-11-8-5-2/h7,10,16-17,19-20,25-27,29-30,32-33,35-36,38-39,41-42,44-45,47-48,50,72H,4-6,8-9,11-15,18,21-24,28,31,34,37,40,43,46,49,51-71H2,1-3H3/b10-7-,19-16-,20-17-,27-25-,30-29-,33-32-,36-35-,39-38-,42-41-,45-44-,47-26-,50-48-. The van der Waals surface area contributed by atoms with E-state index in [1.165, 1.54) is 89.9 Å². The van der Waals surface area contributed by atoms with Crippen LogP contribution < -0.4 is 0 Å². The molecular weight excluding hydrogens is 997 g/mol. The Morgan fingerprint density at radius 2 is 0.481 bits per heavy atom. The van der Waals surface area contributed by atoms with Crippen LogP contribution in [0.5, 0.6) is 0 Å². The Morgan fingerprint density at radius 1 is 0.259 bits per heavy atom. The molecule has 0 aromatic rings. The van der Waals surface area contributed by atoms with Crippen LogP contribution >= 0.6 is 0 Å². The predicted octanol–water partition coefficient (Wildman–Crippen LogP) is 23.1. The molecule has 0 N–H and O–H groups in total. The minimum absolute atomic E-state index is 0.0933. The first-order valence-corrected chi connectivity index (χ1v) is 33.3. The number of unbranched alkanes of at least 4 members (excludes halogenated alkanes) is 24. The molecule has 1 atom stereocenters. The van der Waals surface area contributed by atoms with Crippen molar-refractivity contribution in [3.05, 3.63) is 146 Å². The molecular formula is C75H122O6. The Hall–Kier alpha value is -4.71. The van der Waals surface area contributed by atoms with Crippen LogP contribution in [0, 0.1) is 0 Å². The second kappa shape index (κ2) is 67.8. The van der Waals surface area contributed by atoms with Gasteiger partial charge in [0.2, 0.25) is 0 Å². The zero-order valence-corrected chi connectivity index (χ0v) is 52.5. The van der Waals surface area contributed by atoms with E-state index in [2.05, 4.69) is 167 Å². The van der Waals surface area contributed by atoms with Crippen molar-refractivity contribution in [2.45, 2.75) is 297 Å². The quantitative estimate of drug-likeness (QED) is 0.0261. The first-order valence-electron chi connectivity index (χ1n) is 33.3. The van der Waals surface area contributed by atoms with Crippen LogP contribution in [-0.4, -0.2) is 37.2 Å². The summed E-state index contributed by atoms with van der Waals surface area (Å²) >= 11 is 0. The Labute approximate surface area is 499 Å². The largest absolute Gasteiger partial charge is 0.462 e. The maximum Gasteiger partial charge on any atom is 0.306 e. The van der Waals surface area contributed by atoms with Gasteiger partial charge in [0.05, 0.1) is 0 Å². The molecule has 0 saturated carbocycles. The number of carbonyl (C=O) groups is 3. The summed E-state index contributed by atoms with van der Waals surface area (Å²) in [7, 11) is 0. The molecule has 0 aliphatic rings. The van der Waals surface area contributed by atoms with Gasteiger partial charge in [0, 0.05) is 19.3 Å². The lowest BCUT2D eigenvalue weighted by Gasteiger charge is -2.18. The number of hydrogen-bond donors (Lipinski definition) is 0. The van der Waals surface area contributed by atoms with Gasteiger partial charge in [-0.2, -0.15) is 0 Å². The van der Waals surface area contributed by atoms with Crippen molar-refractivity contribution in [1.82, 2.24) is 0 Å². The van der Waals surface area contributed by atoms with Crippen molar-refractivity contribution in [2.24, 2.45) is 0 Å². The van der Waals surface area contributed by atoms with Gasteiger partial charge in [-0.3, -0.25) is 14.4 Å². The third kappa shape index (κ3) is 66.0. The normalized spacial score (nSPS) is 13.1. The van der Waals surface area contributed by atoms with E-state index in [9.17, 15) is 14.4 Å². The number of esters is 3. The first kappa shape index (κ1) is 76.3. The zero-order chi connectivity index (χ0) is 58.5. The molecule has 0 rings (SSSR count). The molecule has 458 valence electrons. The maximum absolute atomic E-state index is 12.9. The number of carbonyl (C=O) groups excluding carboxylic acids is 3. The molecule has 0 aromatic carbocycles. The highest BCUT2D eigenvalue weighted by atomic mass is 16.6. The molecule has 1 unspecified atom stereocenters. The average molecular weight is 1120 g/mol. The highest BCUT2D eigenvalue weighted by molar-refractivity contribution is 5.71. The van der Waals surface area contributed by atoms with Crippen molar-refractivity contribution in [3.63, 3.8) is 0 Å². The van der Waals surface area contributed by atoms with Gasteiger partial charge in [0.15, 0.2) is 6.10 Å². The highest BCUT2D eigenvalue weighted by Crippen LogP contribution is 2.15. The summed E-state index contributed by atoms with van der Waals surface area (Å²) in [6, 6.07) is 0. The molecule has 6 heteroatoms. The van der Waals surface area contributed by atoms with E-state index >= 15 is 0 Å². The molecule has 0 heterocycles. The first-order chi connectivity index (χ1) is 40.0. The van der Waals surface area contributed by atoms with Gasteiger partial charge in [-0.05, 0) is 128 Å². The van der Waals surface area contributed by atoms with Crippen LogP contribution in [0.25, 0.3) is 0 Å². The Balaban J connectivity index is 4.33. The van der Waals surface area contributed by atoms with Gasteiger partial charge in [-0.25, -0.2) is 0 Å². The van der Waals surface area contributed by atoms with E-state index in [1.54, 1.807) is 0 Å². The van der Waals surface area contributed by atoms with Crippen molar-refractivity contribution in [3.8, 4) is 0 Å². The second-order valence-corrected chi connectivity index (χ2v) is 21.6. The van der Waals surface area contributed by atoms with Gasteiger partial charge >= 0.3 is 17.9 Å². The van der Waals surface area contributed by atoms with E-state index in [1.807, 2.05) is 0 Å². The van der Waals surface area contributed by atoms with Crippen LogP contribution in [0.2, 0.25) is 0 Å². The topological polar surface area (TPSA) is 78.9 Å². The Kier molecular flexibility index (Phi) is 63.9. The number of rotatable bonds is 59. The third-order valence-electron chi connectivity index (χ3n) is 13.8. The molecule has 0 bridgehead atoms. The highest BCUT2D eigenvalue weighted by Gasteiger charge is 2.19. The Morgan fingerprint density at radius 3 is 0.778 bits per heavy atom. The van der Waals surface area contributed by atoms with E-state index in [0.717, 1.165) is 161 Å². The molecule has 0 aliphatic carbocycles. The van der Waals surface area contributed by atoms with Crippen LogP contribution in [0.4, 0.5) is 0 Å². The van der Waals surface area contributed by atoms with Crippen LogP contribution in [0.1, 0.15) is 290 Å². The van der Waals surface area contributed by atoms with Crippen LogP contribution in [0.3, 0.4) is 0 Å². The van der Waals surface area contributed by atoms with Gasteiger partial charge in [-0.15, -0.1) is 0 Å². The van der Waals surface area contributed by atoms with Crippen molar-refractivity contribution in [1.29, 1.82) is 0 Å². The van der Waals surface area contributed by atoms with Crippen molar-refractivity contribution < 1.29 is 28.6 Å². The van der Waals surface area contributed by atoms with E-state index in [4.69, 9.17) is 14.2 Å². The number of hydrogen-bond acceptors (Lipinski definition) is 6. The molecule has 0 radical (unpaired) electrons. The molecule has 0 amide bonds. The molecule has 81 heavy (non-hydrogen) atoms. The summed E-state index contributed by atoms with van der Waals surface area (Å²) in [4.78, 5) is 38.3. The monoisotopic (exact) mass is 1120 g/mol. The lowest BCUT2D eigenvalue weighted by Crippen LogP contribution is -2.30. The van der Waals surface area contributed by atoms with Crippen molar-refractivity contribution >= 4 is 17.9 Å². The molecule has 0 fully saturated rings. The SMILES string of the molecule is CC/C=C\C/C=C\C/C=C\C/C=C\C/C=C\C/C=C\C/C=C\C/C=C\C/C=C\C/C=C\CCCCCCC(=O)OCC(COC(=O)CCCCCCCCCCCCCCC)OC(=O)CCCCCCC/C=C\C/C=C\CCCCC. The van der Waals surface area contributed by atoms with E-state index < -0.39 is 6.10 Å². The number of allylic oxidation sites excluding steroid dienone is 24. The van der Waals surface area contributed by atoms with E-state index in [-0.39, 0.29) is 31.1 Å². The minimum Gasteiger partial charge on any atom is -0.462 e. The second-order valence-electron chi connectivity index (χ2n) is 21.6. The number of ether oxygens (including phenoxy) is 3. The lowest BCUT2D eigenvalue weighted by molar-refractivity contribution is -0.167. The van der Waals surface area contributed by atoms with Crippen molar-refractivity contribution in [2.75, 3.05) is 13.2 Å². The van der Waals surface area contributed by atoms with E-state index in [0.29, 0.717) is 19.3 Å². The fourth-order valence-corrected chi connectivity index (χ4v) is 8.85. The summed E-state index contributed by atoms with van der Waals surface area (Å²) in [6.07, 6.45) is 97.1. The van der Waals surface area contributed by atoms with Gasteiger partial charge in [0.1, 0.15) is 13.2 Å². The minimum atomic E-state index is -0.800. The molecule has 0 aliphatic heterocycles. The zero-order valence-electron chi connectivity index (χ0n) is 52.5. The van der Waals surface area contributed by atoms with Gasteiger partial charge < -0.3 is 14.2 Å². The molecule has 0 saturated heterocycles. The summed E-state index contributed by atoms with van der Waals surface area (Å²) < 4.78 is 16.9. The molecule has 0 spiro atoms. The van der Waals surface area contributed by atoms with Gasteiger partial charge in [-0.1, -0.05) is 289 Å². The lowest BCUT2D eigenvalue weighted by atomic mass is 10.0. The molecule has 6 nitrogen and oxygen atoms in total. The Bertz CT molecular complexity index is 1760. The predicted molar refractivity (Wildman–Crippen MR) is 352 cm³/mol. The summed E-state index contributed by atoms with van der Waals surface area (Å²) in [5, 5.41) is 0.